The number of nitrogens with two attached hydrogens (primary N) is 1. The lowest BCUT2D eigenvalue weighted by atomic mass is 9.95. The van der Waals surface area contributed by atoms with Crippen LogP contribution < -0.4 is 16.4 Å². The van der Waals surface area contributed by atoms with E-state index >= 15 is 0 Å². The van der Waals surface area contributed by atoms with Gasteiger partial charge in [-0.05, 0) is 18.6 Å². The molecule has 0 aliphatic heterocycles. The Kier molecular flexibility index (Phi) is 7.23. The van der Waals surface area contributed by atoms with E-state index in [1.54, 1.807) is 24.3 Å². The zero-order valence-corrected chi connectivity index (χ0v) is 14.6. The van der Waals surface area contributed by atoms with Crippen LogP contribution in [0.25, 0.3) is 0 Å². The molecule has 5 nitrogen and oxygen atoms in total. The second-order valence-electron chi connectivity index (χ2n) is 6.80. The summed E-state index contributed by atoms with van der Waals surface area (Å²) in [7, 11) is 0. The van der Waals surface area contributed by atoms with Gasteiger partial charge in [0.1, 0.15) is 0 Å². The summed E-state index contributed by atoms with van der Waals surface area (Å²) in [4.78, 5) is 24.7. The highest BCUT2D eigenvalue weighted by atomic mass is 16.2. The zero-order valence-electron chi connectivity index (χ0n) is 14.6. The van der Waals surface area contributed by atoms with Crippen LogP contribution >= 0.6 is 0 Å². The summed E-state index contributed by atoms with van der Waals surface area (Å²) < 4.78 is 0. The first kappa shape index (κ1) is 19.2. The van der Waals surface area contributed by atoms with E-state index in [2.05, 4.69) is 17.6 Å². The van der Waals surface area contributed by atoms with Gasteiger partial charge in [-0.1, -0.05) is 52.7 Å². The van der Waals surface area contributed by atoms with Crippen molar-refractivity contribution in [2.24, 2.45) is 11.1 Å². The molecule has 0 saturated carbocycles. The molecular weight excluding hydrogens is 290 g/mol. The summed E-state index contributed by atoms with van der Waals surface area (Å²) in [6, 6.07) is 6.98. The number of carbonyl (C=O) groups is 2. The Balaban J connectivity index is 2.87. The van der Waals surface area contributed by atoms with Crippen LogP contribution in [0.1, 0.15) is 57.3 Å². The number of nitrogens with one attached hydrogen (secondary N) is 2. The number of rotatable bonds is 7. The van der Waals surface area contributed by atoms with Gasteiger partial charge in [0.05, 0.1) is 11.3 Å². The van der Waals surface area contributed by atoms with E-state index in [1.807, 2.05) is 20.8 Å². The van der Waals surface area contributed by atoms with Gasteiger partial charge in [-0.15, -0.1) is 0 Å². The minimum absolute atomic E-state index is 0.0474. The van der Waals surface area contributed by atoms with Gasteiger partial charge in [0.2, 0.25) is 5.91 Å². The molecule has 23 heavy (non-hydrogen) atoms. The molecule has 1 aromatic carbocycles. The van der Waals surface area contributed by atoms with E-state index in [0.717, 1.165) is 19.3 Å². The van der Waals surface area contributed by atoms with Crippen LogP contribution in [-0.2, 0) is 4.79 Å². The van der Waals surface area contributed by atoms with Gasteiger partial charge in [-0.25, -0.2) is 0 Å². The molecule has 0 spiro atoms. The van der Waals surface area contributed by atoms with Crippen molar-refractivity contribution in [2.75, 3.05) is 11.9 Å². The van der Waals surface area contributed by atoms with E-state index in [0.29, 0.717) is 17.8 Å². The van der Waals surface area contributed by atoms with Crippen molar-refractivity contribution in [1.29, 1.82) is 0 Å². The molecule has 0 bridgehead atoms. The lowest BCUT2D eigenvalue weighted by Crippen LogP contribution is -2.40. The van der Waals surface area contributed by atoms with Crippen molar-refractivity contribution >= 4 is 17.5 Å². The highest BCUT2D eigenvalue weighted by Gasteiger charge is 2.23. The van der Waals surface area contributed by atoms with Gasteiger partial charge in [0.25, 0.3) is 5.91 Å². The monoisotopic (exact) mass is 319 g/mol. The Labute approximate surface area is 139 Å². The molecule has 1 aromatic rings. The molecule has 2 amide bonds. The second-order valence-corrected chi connectivity index (χ2v) is 6.80. The molecule has 0 heterocycles. The maximum Gasteiger partial charge on any atom is 0.253 e. The lowest BCUT2D eigenvalue weighted by Gasteiger charge is -2.21. The van der Waals surface area contributed by atoms with E-state index in [1.165, 1.54) is 0 Å². The van der Waals surface area contributed by atoms with Gasteiger partial charge in [0.15, 0.2) is 0 Å². The van der Waals surface area contributed by atoms with Crippen molar-refractivity contribution in [3.63, 3.8) is 0 Å². The first-order valence-electron chi connectivity index (χ1n) is 8.21. The largest absolute Gasteiger partial charge is 0.348 e. The van der Waals surface area contributed by atoms with Crippen molar-refractivity contribution in [1.82, 2.24) is 5.32 Å². The average molecular weight is 319 g/mol. The first-order valence-corrected chi connectivity index (χ1v) is 8.21. The average Bonchev–Trinajstić information content (AvgIpc) is 2.50. The van der Waals surface area contributed by atoms with Crippen molar-refractivity contribution in [3.05, 3.63) is 29.8 Å². The maximum atomic E-state index is 12.5. The van der Waals surface area contributed by atoms with E-state index in [4.69, 9.17) is 5.73 Å². The van der Waals surface area contributed by atoms with Gasteiger partial charge in [-0.3, -0.25) is 9.59 Å². The molecule has 5 heteroatoms. The summed E-state index contributed by atoms with van der Waals surface area (Å²) in [6.45, 7) is 8.01. The van der Waals surface area contributed by atoms with E-state index in [-0.39, 0.29) is 17.9 Å². The zero-order chi connectivity index (χ0) is 17.5. The van der Waals surface area contributed by atoms with Gasteiger partial charge < -0.3 is 16.4 Å². The third-order valence-electron chi connectivity index (χ3n) is 3.63. The fourth-order valence-corrected chi connectivity index (χ4v) is 2.06. The molecule has 0 radical (unpaired) electrons. The van der Waals surface area contributed by atoms with Crippen LogP contribution in [0.3, 0.4) is 0 Å². The summed E-state index contributed by atoms with van der Waals surface area (Å²) in [6.07, 6.45) is 2.93. The number of anilines is 1. The molecule has 0 fully saturated rings. The third-order valence-corrected chi connectivity index (χ3v) is 3.63. The molecule has 0 saturated heterocycles. The van der Waals surface area contributed by atoms with Crippen LogP contribution in [0.5, 0.6) is 0 Å². The van der Waals surface area contributed by atoms with Crippen molar-refractivity contribution in [3.8, 4) is 0 Å². The smallest absolute Gasteiger partial charge is 0.253 e. The fraction of sp³-hybridized carbons (Fsp3) is 0.556. The van der Waals surface area contributed by atoms with Crippen LogP contribution in [0.15, 0.2) is 24.3 Å². The maximum absolute atomic E-state index is 12.5. The summed E-state index contributed by atoms with van der Waals surface area (Å²) >= 11 is 0. The van der Waals surface area contributed by atoms with E-state index < -0.39 is 5.41 Å². The Morgan fingerprint density at radius 3 is 2.43 bits per heavy atom. The highest BCUT2D eigenvalue weighted by molar-refractivity contribution is 6.04. The summed E-state index contributed by atoms with van der Waals surface area (Å²) in [5.74, 6) is -0.333. The second kappa shape index (κ2) is 8.67. The first-order chi connectivity index (χ1) is 10.8. The predicted molar refractivity (Wildman–Crippen MR) is 94.4 cm³/mol. The third kappa shape index (κ3) is 6.02. The Bertz CT molecular complexity index is 535. The number of para-hydroxylation sites is 1. The topological polar surface area (TPSA) is 84.2 Å². The SMILES string of the molecule is CCCCC(CN)NC(=O)c1ccccc1NC(=O)C(C)(C)C. The van der Waals surface area contributed by atoms with Crippen LogP contribution in [0.2, 0.25) is 0 Å². The summed E-state index contributed by atoms with van der Waals surface area (Å²) in [5.41, 5.74) is 6.19. The molecule has 4 N–H and O–H groups in total. The van der Waals surface area contributed by atoms with Crippen molar-refractivity contribution < 1.29 is 9.59 Å². The number of amides is 2. The molecule has 1 rings (SSSR count). The number of carbonyl (C=O) groups excluding carboxylic acids is 2. The number of hydrogen-bond acceptors (Lipinski definition) is 3. The fourth-order valence-electron chi connectivity index (χ4n) is 2.06. The van der Waals surface area contributed by atoms with Gasteiger partial charge in [-0.2, -0.15) is 0 Å². The molecular formula is C18H29N3O2. The molecule has 0 aliphatic rings. The Morgan fingerprint density at radius 2 is 1.87 bits per heavy atom. The number of benzene rings is 1. The molecule has 1 unspecified atom stereocenters. The van der Waals surface area contributed by atoms with Gasteiger partial charge in [0, 0.05) is 18.0 Å². The van der Waals surface area contributed by atoms with Gasteiger partial charge >= 0.3 is 0 Å². The normalized spacial score (nSPS) is 12.6. The Hall–Kier alpha value is -1.88. The van der Waals surface area contributed by atoms with Crippen molar-refractivity contribution in [2.45, 2.75) is 53.0 Å². The molecule has 128 valence electrons. The van der Waals surface area contributed by atoms with Crippen LogP contribution in [-0.4, -0.2) is 24.4 Å². The molecule has 0 aromatic heterocycles. The number of unbranched alkanes of at least 4 members (excludes halogenated alkanes) is 1. The lowest BCUT2D eigenvalue weighted by molar-refractivity contribution is -0.123. The minimum atomic E-state index is -0.523. The Morgan fingerprint density at radius 1 is 1.22 bits per heavy atom. The van der Waals surface area contributed by atoms with Crippen LogP contribution in [0, 0.1) is 5.41 Å². The quantitative estimate of drug-likeness (QED) is 0.722. The highest BCUT2D eigenvalue weighted by Crippen LogP contribution is 2.20. The van der Waals surface area contributed by atoms with Crippen LogP contribution in [0.4, 0.5) is 5.69 Å². The van der Waals surface area contributed by atoms with E-state index in [9.17, 15) is 9.59 Å². The standard InChI is InChI=1S/C18H29N3O2/c1-5-6-9-13(12-19)20-16(22)14-10-7-8-11-15(14)21-17(23)18(2,3)4/h7-8,10-11,13H,5-6,9,12,19H2,1-4H3,(H,20,22)(H,21,23). The molecule has 0 aliphatic carbocycles. The molecule has 1 atom stereocenters. The predicted octanol–water partition coefficient (Wildman–Crippen LogP) is 2.92. The number of hydrogen-bond donors (Lipinski definition) is 3. The summed E-state index contributed by atoms with van der Waals surface area (Å²) in [5, 5.41) is 5.79. The minimum Gasteiger partial charge on any atom is -0.348 e.